The van der Waals surface area contributed by atoms with Crippen molar-refractivity contribution in [3.8, 4) is 5.69 Å². The molecule has 1 aromatic heterocycles. The average molecular weight is 570 g/mol. The van der Waals surface area contributed by atoms with Crippen LogP contribution < -0.4 is 5.32 Å². The lowest BCUT2D eigenvalue weighted by molar-refractivity contribution is 0.00990. The SMILES string of the molecule is CCNC(=NCCCc1cn(-c2ccccc2)nc1C)N1CCC(OCCCOC)CC1.I. The molecule has 2 heterocycles. The van der Waals surface area contributed by atoms with Crippen molar-refractivity contribution in [3.05, 3.63) is 47.8 Å². The molecule has 0 spiro atoms. The van der Waals surface area contributed by atoms with Crippen molar-refractivity contribution in [2.45, 2.75) is 52.1 Å². The molecule has 1 N–H and O–H groups in total. The molecule has 0 unspecified atom stereocenters. The summed E-state index contributed by atoms with van der Waals surface area (Å²) in [4.78, 5) is 7.28. The number of nitrogens with zero attached hydrogens (tertiary/aromatic N) is 4. The minimum atomic E-state index is 0. The summed E-state index contributed by atoms with van der Waals surface area (Å²) in [5.74, 6) is 1.03. The normalized spacial score (nSPS) is 14.9. The number of hydrogen-bond acceptors (Lipinski definition) is 4. The van der Waals surface area contributed by atoms with Gasteiger partial charge in [-0.3, -0.25) is 4.99 Å². The topological polar surface area (TPSA) is 63.9 Å². The van der Waals surface area contributed by atoms with Crippen LogP contribution in [0.25, 0.3) is 5.69 Å². The van der Waals surface area contributed by atoms with Gasteiger partial charge in [0.15, 0.2) is 5.96 Å². The first kappa shape index (κ1) is 27.6. The van der Waals surface area contributed by atoms with Gasteiger partial charge in [0, 0.05) is 52.7 Å². The Labute approximate surface area is 216 Å². The summed E-state index contributed by atoms with van der Waals surface area (Å²) in [5, 5.41) is 8.14. The molecule has 0 saturated carbocycles. The number of nitrogens with one attached hydrogen (secondary N) is 1. The van der Waals surface area contributed by atoms with Crippen LogP contribution in [0.5, 0.6) is 0 Å². The maximum absolute atomic E-state index is 5.99. The number of aliphatic imine (C=N–C) groups is 1. The fourth-order valence-corrected chi connectivity index (χ4v) is 4.02. The number of ether oxygens (including phenoxy) is 2. The summed E-state index contributed by atoms with van der Waals surface area (Å²) in [5.41, 5.74) is 3.48. The second-order valence-electron chi connectivity index (χ2n) is 8.26. The maximum Gasteiger partial charge on any atom is 0.193 e. The van der Waals surface area contributed by atoms with E-state index in [4.69, 9.17) is 14.5 Å². The fourth-order valence-electron chi connectivity index (χ4n) is 4.02. The van der Waals surface area contributed by atoms with E-state index < -0.39 is 0 Å². The number of benzene rings is 1. The van der Waals surface area contributed by atoms with E-state index in [1.807, 2.05) is 22.9 Å². The highest BCUT2D eigenvalue weighted by atomic mass is 127. The highest BCUT2D eigenvalue weighted by Crippen LogP contribution is 2.15. The van der Waals surface area contributed by atoms with Gasteiger partial charge in [-0.15, -0.1) is 24.0 Å². The Morgan fingerprint density at radius 3 is 2.61 bits per heavy atom. The van der Waals surface area contributed by atoms with Gasteiger partial charge in [0.1, 0.15) is 0 Å². The summed E-state index contributed by atoms with van der Waals surface area (Å²) in [6.45, 7) is 9.44. The summed E-state index contributed by atoms with van der Waals surface area (Å²) in [6.07, 6.45) is 7.57. The van der Waals surface area contributed by atoms with E-state index in [0.717, 1.165) is 88.8 Å². The first-order valence-electron chi connectivity index (χ1n) is 12.0. The number of halogens is 1. The number of rotatable bonds is 11. The number of likely N-dealkylation sites (tertiary alicyclic amines) is 1. The number of para-hydroxylation sites is 1. The molecule has 33 heavy (non-hydrogen) atoms. The number of aryl methyl sites for hydroxylation is 2. The second-order valence-corrected chi connectivity index (χ2v) is 8.26. The van der Waals surface area contributed by atoms with Gasteiger partial charge >= 0.3 is 0 Å². The van der Waals surface area contributed by atoms with Gasteiger partial charge in [-0.2, -0.15) is 5.10 Å². The monoisotopic (exact) mass is 569 g/mol. The van der Waals surface area contributed by atoms with Gasteiger partial charge in [-0.1, -0.05) is 18.2 Å². The standard InChI is InChI=1S/C25H39N5O2.HI/c1-4-26-25(29-16-13-24(14-17-29)32-19-9-18-31-3)27-15-8-10-22-20-30(28-21(22)2)23-11-6-5-7-12-23;/h5-7,11-12,20,24H,4,8-10,13-19H2,1-3H3,(H,26,27);1H. The Bertz CT molecular complexity index is 819. The van der Waals surface area contributed by atoms with E-state index in [1.165, 1.54) is 5.56 Å². The third kappa shape index (κ3) is 8.90. The van der Waals surface area contributed by atoms with E-state index in [0.29, 0.717) is 6.10 Å². The lowest BCUT2D eigenvalue weighted by Crippen LogP contribution is -2.47. The van der Waals surface area contributed by atoms with Crippen LogP contribution in [0.4, 0.5) is 0 Å². The van der Waals surface area contributed by atoms with Gasteiger partial charge < -0.3 is 19.7 Å². The van der Waals surface area contributed by atoms with Crippen molar-refractivity contribution in [2.75, 3.05) is 46.5 Å². The highest BCUT2D eigenvalue weighted by Gasteiger charge is 2.21. The molecular formula is C25H40IN5O2. The Balaban J connectivity index is 0.00000385. The van der Waals surface area contributed by atoms with E-state index in [1.54, 1.807) is 7.11 Å². The molecule has 1 aliphatic heterocycles. The van der Waals surface area contributed by atoms with Crippen LogP contribution in [-0.4, -0.2) is 73.2 Å². The Morgan fingerprint density at radius 1 is 1.15 bits per heavy atom. The van der Waals surface area contributed by atoms with Crippen molar-refractivity contribution >= 4 is 29.9 Å². The van der Waals surface area contributed by atoms with Crippen molar-refractivity contribution in [3.63, 3.8) is 0 Å². The molecule has 0 bridgehead atoms. The molecule has 2 aromatic rings. The van der Waals surface area contributed by atoms with Gasteiger partial charge in [0.05, 0.1) is 17.5 Å². The van der Waals surface area contributed by atoms with Crippen molar-refractivity contribution in [2.24, 2.45) is 4.99 Å². The smallest absolute Gasteiger partial charge is 0.193 e. The first-order chi connectivity index (χ1) is 15.7. The molecule has 0 radical (unpaired) electrons. The molecule has 0 amide bonds. The third-order valence-electron chi connectivity index (χ3n) is 5.81. The lowest BCUT2D eigenvalue weighted by Gasteiger charge is -2.34. The van der Waals surface area contributed by atoms with Crippen LogP contribution in [0.3, 0.4) is 0 Å². The first-order valence-corrected chi connectivity index (χ1v) is 12.0. The molecule has 1 saturated heterocycles. The molecule has 7 nitrogen and oxygen atoms in total. The second kappa shape index (κ2) is 15.3. The molecule has 3 rings (SSSR count). The zero-order valence-electron chi connectivity index (χ0n) is 20.3. The molecule has 1 aromatic carbocycles. The van der Waals surface area contributed by atoms with Crippen LogP contribution in [0.1, 0.15) is 43.9 Å². The van der Waals surface area contributed by atoms with Crippen LogP contribution in [0.15, 0.2) is 41.5 Å². The number of methoxy groups -OCH3 is 1. The predicted octanol–water partition coefficient (Wildman–Crippen LogP) is 4.21. The van der Waals surface area contributed by atoms with E-state index in [-0.39, 0.29) is 24.0 Å². The molecular weight excluding hydrogens is 529 g/mol. The quantitative estimate of drug-likeness (QED) is 0.190. The zero-order chi connectivity index (χ0) is 22.6. The minimum Gasteiger partial charge on any atom is -0.385 e. The average Bonchev–Trinajstić information content (AvgIpc) is 3.20. The minimum absolute atomic E-state index is 0. The van der Waals surface area contributed by atoms with Crippen molar-refractivity contribution < 1.29 is 9.47 Å². The molecule has 184 valence electrons. The lowest BCUT2D eigenvalue weighted by atomic mass is 10.1. The molecule has 1 aliphatic rings. The Hall–Kier alpha value is -1.65. The molecule has 8 heteroatoms. The number of guanidine groups is 1. The summed E-state index contributed by atoms with van der Waals surface area (Å²) >= 11 is 0. The van der Waals surface area contributed by atoms with E-state index >= 15 is 0 Å². The predicted molar refractivity (Wildman–Crippen MR) is 145 cm³/mol. The molecule has 0 aliphatic carbocycles. The molecule has 1 fully saturated rings. The van der Waals surface area contributed by atoms with Gasteiger partial charge in [0.2, 0.25) is 0 Å². The maximum atomic E-state index is 5.99. The van der Waals surface area contributed by atoms with Crippen LogP contribution >= 0.6 is 24.0 Å². The largest absolute Gasteiger partial charge is 0.385 e. The van der Waals surface area contributed by atoms with Crippen LogP contribution in [0.2, 0.25) is 0 Å². The third-order valence-corrected chi connectivity index (χ3v) is 5.81. The van der Waals surface area contributed by atoms with Gasteiger partial charge in [-0.25, -0.2) is 4.68 Å². The van der Waals surface area contributed by atoms with E-state index in [9.17, 15) is 0 Å². The fraction of sp³-hybridized carbons (Fsp3) is 0.600. The van der Waals surface area contributed by atoms with Gasteiger partial charge in [0.25, 0.3) is 0 Å². The number of piperidine rings is 1. The van der Waals surface area contributed by atoms with Crippen LogP contribution in [0, 0.1) is 6.92 Å². The van der Waals surface area contributed by atoms with E-state index in [2.05, 4.69) is 47.5 Å². The summed E-state index contributed by atoms with van der Waals surface area (Å²) in [6, 6.07) is 10.3. The van der Waals surface area contributed by atoms with Crippen LogP contribution in [-0.2, 0) is 15.9 Å². The number of hydrogen-bond donors (Lipinski definition) is 1. The zero-order valence-corrected chi connectivity index (χ0v) is 22.7. The Morgan fingerprint density at radius 2 is 1.91 bits per heavy atom. The van der Waals surface area contributed by atoms with Crippen molar-refractivity contribution in [1.29, 1.82) is 0 Å². The number of aromatic nitrogens is 2. The van der Waals surface area contributed by atoms with Crippen molar-refractivity contribution in [1.82, 2.24) is 20.0 Å². The highest BCUT2D eigenvalue weighted by molar-refractivity contribution is 14.0. The summed E-state index contributed by atoms with van der Waals surface area (Å²) < 4.78 is 13.1. The summed E-state index contributed by atoms with van der Waals surface area (Å²) in [7, 11) is 1.74. The van der Waals surface area contributed by atoms with Gasteiger partial charge in [-0.05, 0) is 63.6 Å². The Kier molecular flexibility index (Phi) is 12.8. The molecule has 0 atom stereocenters.